The predicted molar refractivity (Wildman–Crippen MR) is 169 cm³/mol. The highest BCUT2D eigenvalue weighted by molar-refractivity contribution is 6.32. The Morgan fingerprint density at radius 1 is 1.00 bits per heavy atom. The standard InChI is InChI=1S/C18H24N2O4.C14H7ClF3NO5/c1-6-18(3,7-2)14-11-15(24-20-14)19-17(21)16-12(22-4)9-8-10-13(16)23-5;15-10-5-7(14(16,17)18)1-4-12(10)24-8-2-3-11(19(22)23)9(6-8)13(20)21/h8-11H,6-7H2,1-5H3,(H,19,21);1-6H,(H,20,21). The molecule has 4 rings (SSSR count). The van der Waals surface area contributed by atoms with Gasteiger partial charge in [-0.05, 0) is 49.2 Å². The number of carboxylic acid groups (broad SMARTS) is 1. The van der Waals surface area contributed by atoms with E-state index in [9.17, 15) is 32.9 Å². The molecule has 3 aromatic carbocycles. The fourth-order valence-corrected chi connectivity index (χ4v) is 4.50. The first kappa shape index (κ1) is 37.2. The number of carbonyl (C=O) groups is 2. The second-order valence-corrected chi connectivity index (χ2v) is 10.7. The third kappa shape index (κ3) is 8.73. The lowest BCUT2D eigenvalue weighted by Gasteiger charge is -2.22. The Labute approximate surface area is 277 Å². The van der Waals surface area contributed by atoms with Crippen LogP contribution >= 0.6 is 11.6 Å². The number of methoxy groups -OCH3 is 2. The summed E-state index contributed by atoms with van der Waals surface area (Å²) in [6, 6.07) is 12.2. The van der Waals surface area contributed by atoms with Crippen LogP contribution < -0.4 is 19.5 Å². The third-order valence-electron chi connectivity index (χ3n) is 7.46. The van der Waals surface area contributed by atoms with E-state index in [1.54, 1.807) is 24.3 Å². The van der Waals surface area contributed by atoms with Crippen molar-refractivity contribution in [2.24, 2.45) is 0 Å². The van der Waals surface area contributed by atoms with Crippen molar-refractivity contribution in [2.75, 3.05) is 19.5 Å². The van der Waals surface area contributed by atoms with Crippen molar-refractivity contribution < 1.29 is 51.5 Å². The highest BCUT2D eigenvalue weighted by Gasteiger charge is 2.31. The van der Waals surface area contributed by atoms with Gasteiger partial charge in [0.1, 0.15) is 34.1 Å². The van der Waals surface area contributed by atoms with Crippen LogP contribution in [0.3, 0.4) is 0 Å². The number of hydrogen-bond donors (Lipinski definition) is 2. The zero-order valence-electron chi connectivity index (χ0n) is 26.3. The summed E-state index contributed by atoms with van der Waals surface area (Å²) in [5, 5.41) is 26.2. The molecule has 2 N–H and O–H groups in total. The number of rotatable bonds is 11. The van der Waals surface area contributed by atoms with Crippen LogP contribution in [-0.2, 0) is 11.6 Å². The van der Waals surface area contributed by atoms with Gasteiger partial charge in [0, 0.05) is 23.6 Å². The van der Waals surface area contributed by atoms with Gasteiger partial charge in [0.05, 0.1) is 35.4 Å². The summed E-state index contributed by atoms with van der Waals surface area (Å²) in [5.74, 6) is -1.05. The van der Waals surface area contributed by atoms with Crippen LogP contribution in [0.15, 0.2) is 65.2 Å². The second kappa shape index (κ2) is 15.5. The zero-order chi connectivity index (χ0) is 35.8. The number of anilines is 1. The number of nitro groups is 1. The predicted octanol–water partition coefficient (Wildman–Crippen LogP) is 8.78. The first-order valence-electron chi connectivity index (χ1n) is 14.1. The first-order valence-corrected chi connectivity index (χ1v) is 14.5. The topological polar surface area (TPSA) is 163 Å². The Morgan fingerprint density at radius 3 is 2.12 bits per heavy atom. The maximum atomic E-state index is 12.6. The Hall–Kier alpha value is -5.31. The lowest BCUT2D eigenvalue weighted by Crippen LogP contribution is -2.19. The molecule has 256 valence electrons. The van der Waals surface area contributed by atoms with Gasteiger partial charge in [-0.15, -0.1) is 0 Å². The van der Waals surface area contributed by atoms with Crippen LogP contribution in [0.2, 0.25) is 5.02 Å². The smallest absolute Gasteiger partial charge is 0.416 e. The molecule has 0 spiro atoms. The molecule has 1 aromatic heterocycles. The molecule has 48 heavy (non-hydrogen) atoms. The van der Waals surface area contributed by atoms with Gasteiger partial charge in [-0.3, -0.25) is 20.2 Å². The fourth-order valence-electron chi connectivity index (χ4n) is 4.28. The molecule has 0 radical (unpaired) electrons. The van der Waals surface area contributed by atoms with E-state index in [-0.39, 0.29) is 27.8 Å². The summed E-state index contributed by atoms with van der Waals surface area (Å²) in [5.41, 5.74) is -1.18. The number of benzene rings is 3. The van der Waals surface area contributed by atoms with Crippen molar-refractivity contribution >= 4 is 35.0 Å². The number of ether oxygens (including phenoxy) is 3. The minimum Gasteiger partial charge on any atom is -0.496 e. The molecule has 0 unspecified atom stereocenters. The molecule has 0 bridgehead atoms. The summed E-state index contributed by atoms with van der Waals surface area (Å²) in [6.07, 6.45) is -2.71. The average molecular weight is 694 g/mol. The second-order valence-electron chi connectivity index (χ2n) is 10.3. The summed E-state index contributed by atoms with van der Waals surface area (Å²) in [4.78, 5) is 33.5. The molecule has 0 fully saturated rings. The van der Waals surface area contributed by atoms with Gasteiger partial charge < -0.3 is 23.8 Å². The van der Waals surface area contributed by atoms with Gasteiger partial charge in [-0.1, -0.05) is 43.6 Å². The van der Waals surface area contributed by atoms with Gasteiger partial charge >= 0.3 is 12.1 Å². The third-order valence-corrected chi connectivity index (χ3v) is 7.76. The van der Waals surface area contributed by atoms with Crippen molar-refractivity contribution in [3.8, 4) is 23.0 Å². The molecule has 12 nitrogen and oxygen atoms in total. The number of carbonyl (C=O) groups excluding carboxylic acids is 1. The minimum atomic E-state index is -4.58. The molecule has 16 heteroatoms. The van der Waals surface area contributed by atoms with Crippen LogP contribution in [0.4, 0.5) is 24.7 Å². The number of nitrogens with zero attached hydrogens (tertiary/aromatic N) is 2. The molecule has 0 saturated heterocycles. The van der Waals surface area contributed by atoms with Crippen LogP contribution in [0.5, 0.6) is 23.0 Å². The van der Waals surface area contributed by atoms with Gasteiger partial charge in [-0.25, -0.2) is 4.79 Å². The SMILES string of the molecule is CCC(C)(CC)c1cc(NC(=O)c2c(OC)cccc2OC)on1.O=C(O)c1cc(Oc2ccc(C(F)(F)F)cc2Cl)ccc1[N+](=O)[O-]. The van der Waals surface area contributed by atoms with Gasteiger partial charge in [0.15, 0.2) is 0 Å². The Morgan fingerprint density at radius 2 is 1.62 bits per heavy atom. The molecule has 0 aliphatic rings. The number of aromatic carboxylic acids is 1. The molecule has 4 aromatic rings. The first-order chi connectivity index (χ1) is 22.6. The van der Waals surface area contributed by atoms with E-state index in [1.165, 1.54) is 14.2 Å². The molecule has 0 saturated carbocycles. The van der Waals surface area contributed by atoms with Crippen molar-refractivity contribution in [3.05, 3.63) is 98.2 Å². The highest BCUT2D eigenvalue weighted by Crippen LogP contribution is 2.37. The lowest BCUT2D eigenvalue weighted by molar-refractivity contribution is -0.385. The summed E-state index contributed by atoms with van der Waals surface area (Å²) >= 11 is 5.72. The molecule has 0 atom stereocenters. The van der Waals surface area contributed by atoms with E-state index >= 15 is 0 Å². The fraction of sp³-hybridized carbons (Fsp3) is 0.281. The number of aromatic nitrogens is 1. The summed E-state index contributed by atoms with van der Waals surface area (Å²) in [6.45, 7) is 6.34. The van der Waals surface area contributed by atoms with Gasteiger partial charge in [0.2, 0.25) is 5.88 Å². The Kier molecular flexibility index (Phi) is 12.0. The lowest BCUT2D eigenvalue weighted by atomic mass is 9.81. The number of halogens is 4. The van der Waals surface area contributed by atoms with E-state index in [1.807, 2.05) is 0 Å². The van der Waals surface area contributed by atoms with Crippen LogP contribution in [0, 0.1) is 10.1 Å². The molecular weight excluding hydrogens is 663 g/mol. The molecular formula is C32H31ClF3N3O9. The van der Waals surface area contributed by atoms with E-state index in [0.29, 0.717) is 29.0 Å². The number of nitro benzene ring substituents is 1. The number of carboxylic acids is 1. The molecule has 1 heterocycles. The van der Waals surface area contributed by atoms with Crippen molar-refractivity contribution in [1.82, 2.24) is 5.16 Å². The van der Waals surface area contributed by atoms with E-state index in [0.717, 1.165) is 48.9 Å². The van der Waals surface area contributed by atoms with Crippen molar-refractivity contribution in [1.29, 1.82) is 0 Å². The maximum absolute atomic E-state index is 12.6. The quantitative estimate of drug-likeness (QED) is 0.115. The maximum Gasteiger partial charge on any atom is 0.416 e. The average Bonchev–Trinajstić information content (AvgIpc) is 3.53. The summed E-state index contributed by atoms with van der Waals surface area (Å²) < 4.78 is 58.7. The number of nitrogens with one attached hydrogen (secondary N) is 1. The monoisotopic (exact) mass is 693 g/mol. The number of amides is 1. The number of alkyl halides is 3. The van der Waals surface area contributed by atoms with E-state index in [2.05, 4.69) is 31.2 Å². The van der Waals surface area contributed by atoms with Crippen LogP contribution in [-0.4, -0.2) is 41.3 Å². The van der Waals surface area contributed by atoms with Crippen LogP contribution in [0.25, 0.3) is 0 Å². The van der Waals surface area contributed by atoms with Gasteiger partial charge in [0.25, 0.3) is 11.6 Å². The largest absolute Gasteiger partial charge is 0.496 e. The number of hydrogen-bond acceptors (Lipinski definition) is 9. The van der Waals surface area contributed by atoms with Gasteiger partial charge in [-0.2, -0.15) is 13.2 Å². The van der Waals surface area contributed by atoms with Crippen molar-refractivity contribution in [3.63, 3.8) is 0 Å². The normalized spacial score (nSPS) is 11.2. The molecule has 0 aliphatic heterocycles. The zero-order valence-corrected chi connectivity index (χ0v) is 27.1. The highest BCUT2D eigenvalue weighted by atomic mass is 35.5. The van der Waals surface area contributed by atoms with Crippen LogP contribution in [0.1, 0.15) is 65.6 Å². The minimum absolute atomic E-state index is 0.0748. The molecule has 1 amide bonds. The Bertz CT molecular complexity index is 1770. The Balaban J connectivity index is 0.000000260. The summed E-state index contributed by atoms with van der Waals surface area (Å²) in [7, 11) is 3.01. The van der Waals surface area contributed by atoms with E-state index in [4.69, 9.17) is 35.4 Å². The van der Waals surface area contributed by atoms with E-state index < -0.39 is 33.9 Å². The molecule has 0 aliphatic carbocycles. The van der Waals surface area contributed by atoms with Crippen molar-refractivity contribution in [2.45, 2.75) is 45.2 Å².